The molecule has 0 spiro atoms. The normalized spacial score (nSPS) is 10.5. The summed E-state index contributed by atoms with van der Waals surface area (Å²) in [5.74, 6) is 0.710. The summed E-state index contributed by atoms with van der Waals surface area (Å²) in [6.45, 7) is 0. The summed E-state index contributed by atoms with van der Waals surface area (Å²) in [4.78, 5) is 0. The minimum absolute atomic E-state index is 0.0760. The molecule has 0 aliphatic heterocycles. The number of aromatic hydroxyl groups is 2. The lowest BCUT2D eigenvalue weighted by Crippen LogP contribution is -1.86. The van der Waals surface area contributed by atoms with Crippen molar-refractivity contribution in [1.82, 2.24) is 0 Å². The smallest absolute Gasteiger partial charge is 0.137 e. The van der Waals surface area contributed by atoms with Crippen molar-refractivity contribution >= 4 is 26.7 Å². The van der Waals surface area contributed by atoms with Crippen LogP contribution in [-0.4, -0.2) is 17.3 Å². The van der Waals surface area contributed by atoms with Gasteiger partial charge in [-0.3, -0.25) is 0 Å². The van der Waals surface area contributed by atoms with E-state index < -0.39 is 0 Å². The van der Waals surface area contributed by atoms with Crippen LogP contribution >= 0.6 is 15.9 Å². The van der Waals surface area contributed by atoms with E-state index in [4.69, 9.17) is 4.74 Å². The largest absolute Gasteiger partial charge is 0.507 e. The van der Waals surface area contributed by atoms with Gasteiger partial charge in [-0.2, -0.15) is 0 Å². The van der Waals surface area contributed by atoms with Crippen molar-refractivity contribution in [3.8, 4) is 17.2 Å². The second kappa shape index (κ2) is 3.62. The summed E-state index contributed by atoms with van der Waals surface area (Å²) in [5, 5.41) is 20.6. The molecule has 0 saturated heterocycles. The van der Waals surface area contributed by atoms with Crippen molar-refractivity contribution in [2.45, 2.75) is 0 Å². The van der Waals surface area contributed by atoms with Crippen LogP contribution in [0.4, 0.5) is 0 Å². The molecular weight excluding hydrogens is 260 g/mol. The van der Waals surface area contributed by atoms with Crippen molar-refractivity contribution < 1.29 is 14.9 Å². The lowest BCUT2D eigenvalue weighted by molar-refractivity contribution is 0.415. The number of benzene rings is 2. The number of fused-ring (bicyclic) bond motifs is 1. The van der Waals surface area contributed by atoms with E-state index in [1.807, 2.05) is 0 Å². The number of hydrogen-bond acceptors (Lipinski definition) is 3. The third-order valence-electron chi connectivity index (χ3n) is 2.25. The zero-order valence-corrected chi connectivity index (χ0v) is 9.58. The van der Waals surface area contributed by atoms with Crippen LogP contribution in [0.3, 0.4) is 0 Å². The van der Waals surface area contributed by atoms with Gasteiger partial charge in [0, 0.05) is 5.39 Å². The highest BCUT2D eigenvalue weighted by Crippen LogP contribution is 2.42. The van der Waals surface area contributed by atoms with Crippen LogP contribution in [0.2, 0.25) is 0 Å². The molecular formula is C11H9BrO3. The maximum Gasteiger partial charge on any atom is 0.137 e. The molecule has 0 heterocycles. The summed E-state index contributed by atoms with van der Waals surface area (Å²) in [6, 6.07) is 6.65. The molecule has 0 fully saturated rings. The maximum absolute atomic E-state index is 9.79. The highest BCUT2D eigenvalue weighted by atomic mass is 79.9. The van der Waals surface area contributed by atoms with E-state index in [1.165, 1.54) is 13.2 Å². The minimum Gasteiger partial charge on any atom is -0.507 e. The van der Waals surface area contributed by atoms with Crippen LogP contribution in [0, 0.1) is 0 Å². The Morgan fingerprint density at radius 1 is 1.27 bits per heavy atom. The number of methoxy groups -OCH3 is 1. The Morgan fingerprint density at radius 2 is 2.00 bits per heavy atom. The Hall–Kier alpha value is -1.42. The summed E-state index contributed by atoms with van der Waals surface area (Å²) < 4.78 is 5.58. The first-order chi connectivity index (χ1) is 7.15. The molecule has 3 nitrogen and oxygen atoms in total. The van der Waals surface area contributed by atoms with Gasteiger partial charge in [0.25, 0.3) is 0 Å². The molecule has 2 N–H and O–H groups in total. The van der Waals surface area contributed by atoms with Crippen LogP contribution in [0.5, 0.6) is 17.2 Å². The first-order valence-electron chi connectivity index (χ1n) is 4.32. The Bertz CT molecular complexity index is 523. The molecule has 0 aromatic heterocycles. The monoisotopic (exact) mass is 268 g/mol. The molecule has 0 saturated carbocycles. The van der Waals surface area contributed by atoms with E-state index >= 15 is 0 Å². The van der Waals surface area contributed by atoms with Gasteiger partial charge < -0.3 is 14.9 Å². The Balaban J connectivity index is 2.95. The molecule has 0 bridgehead atoms. The van der Waals surface area contributed by atoms with Gasteiger partial charge in [-0.1, -0.05) is 12.1 Å². The number of phenols is 2. The van der Waals surface area contributed by atoms with E-state index in [1.54, 1.807) is 18.2 Å². The van der Waals surface area contributed by atoms with E-state index in [0.717, 1.165) is 0 Å². The fourth-order valence-electron chi connectivity index (χ4n) is 1.55. The second-order valence-electron chi connectivity index (χ2n) is 3.11. The van der Waals surface area contributed by atoms with Gasteiger partial charge in [-0.25, -0.2) is 0 Å². The van der Waals surface area contributed by atoms with E-state index in [-0.39, 0.29) is 11.5 Å². The van der Waals surface area contributed by atoms with Crippen molar-refractivity contribution in [3.05, 3.63) is 28.7 Å². The average molecular weight is 269 g/mol. The molecule has 4 heteroatoms. The molecule has 0 aliphatic rings. The maximum atomic E-state index is 9.79. The zero-order chi connectivity index (χ0) is 11.0. The SMILES string of the molecule is COc1cccc2c(O)c(Br)cc(O)c12. The Kier molecular flexibility index (Phi) is 2.44. The molecule has 2 aromatic carbocycles. The fraction of sp³-hybridized carbons (Fsp3) is 0.0909. The third kappa shape index (κ3) is 1.51. The van der Waals surface area contributed by atoms with E-state index in [2.05, 4.69) is 15.9 Å². The molecule has 2 rings (SSSR count). The molecule has 0 amide bonds. The van der Waals surface area contributed by atoms with Crippen molar-refractivity contribution in [3.63, 3.8) is 0 Å². The summed E-state index contributed by atoms with van der Waals surface area (Å²) in [7, 11) is 1.52. The number of phenolic OH excluding ortho intramolecular Hbond substituents is 2. The standard InChI is InChI=1S/C11H9BrO3/c1-15-9-4-2-3-6-10(9)8(13)5-7(12)11(6)14/h2-5,13-14H,1H3. The molecule has 0 atom stereocenters. The highest BCUT2D eigenvalue weighted by molar-refractivity contribution is 9.10. The molecule has 15 heavy (non-hydrogen) atoms. The predicted molar refractivity (Wildman–Crippen MR) is 61.5 cm³/mol. The minimum atomic E-state index is 0.0760. The van der Waals surface area contributed by atoms with E-state index in [9.17, 15) is 10.2 Å². The van der Waals surface area contributed by atoms with Crippen LogP contribution in [-0.2, 0) is 0 Å². The Morgan fingerprint density at radius 3 is 2.67 bits per heavy atom. The van der Waals surface area contributed by atoms with Gasteiger partial charge in [0.2, 0.25) is 0 Å². The average Bonchev–Trinajstić information content (AvgIpc) is 2.25. The van der Waals surface area contributed by atoms with Gasteiger partial charge >= 0.3 is 0 Å². The van der Waals surface area contributed by atoms with Crippen LogP contribution in [0.1, 0.15) is 0 Å². The van der Waals surface area contributed by atoms with Gasteiger partial charge in [-0.05, 0) is 28.1 Å². The van der Waals surface area contributed by atoms with Gasteiger partial charge in [0.15, 0.2) is 0 Å². The first-order valence-corrected chi connectivity index (χ1v) is 5.11. The summed E-state index contributed by atoms with van der Waals surface area (Å²) in [6.07, 6.45) is 0. The lowest BCUT2D eigenvalue weighted by atomic mass is 10.1. The molecule has 78 valence electrons. The van der Waals surface area contributed by atoms with Gasteiger partial charge in [0.1, 0.15) is 17.2 Å². The van der Waals surface area contributed by atoms with Crippen molar-refractivity contribution in [2.75, 3.05) is 7.11 Å². The number of ether oxygens (including phenoxy) is 1. The topological polar surface area (TPSA) is 49.7 Å². The lowest BCUT2D eigenvalue weighted by Gasteiger charge is -2.09. The molecule has 0 radical (unpaired) electrons. The highest BCUT2D eigenvalue weighted by Gasteiger charge is 2.12. The van der Waals surface area contributed by atoms with Crippen molar-refractivity contribution in [1.29, 1.82) is 0 Å². The summed E-state index contributed by atoms with van der Waals surface area (Å²) in [5.41, 5.74) is 0. The second-order valence-corrected chi connectivity index (χ2v) is 3.96. The Labute approximate surface area is 95.0 Å². The number of rotatable bonds is 1. The van der Waals surface area contributed by atoms with E-state index in [0.29, 0.717) is 21.0 Å². The summed E-state index contributed by atoms with van der Waals surface area (Å²) >= 11 is 3.16. The van der Waals surface area contributed by atoms with Gasteiger partial charge in [0.05, 0.1) is 17.0 Å². The predicted octanol–water partition coefficient (Wildman–Crippen LogP) is 3.02. The fourth-order valence-corrected chi connectivity index (χ4v) is 1.98. The van der Waals surface area contributed by atoms with Crippen LogP contribution in [0.15, 0.2) is 28.7 Å². The zero-order valence-electron chi connectivity index (χ0n) is 7.99. The molecule has 2 aromatic rings. The third-order valence-corrected chi connectivity index (χ3v) is 2.85. The molecule has 0 unspecified atom stereocenters. The van der Waals surface area contributed by atoms with Crippen LogP contribution in [0.25, 0.3) is 10.8 Å². The first kappa shape index (κ1) is 10.1. The quantitative estimate of drug-likeness (QED) is 0.782. The van der Waals surface area contributed by atoms with Crippen molar-refractivity contribution in [2.24, 2.45) is 0 Å². The molecule has 0 aliphatic carbocycles. The van der Waals surface area contributed by atoms with Crippen LogP contribution < -0.4 is 4.74 Å². The number of halogens is 1. The van der Waals surface area contributed by atoms with Gasteiger partial charge in [-0.15, -0.1) is 0 Å². The number of hydrogen-bond donors (Lipinski definition) is 2.